The molecule has 2 N–H and O–H groups in total. The summed E-state index contributed by atoms with van der Waals surface area (Å²) in [5, 5.41) is 13.8. The number of para-hydroxylation sites is 1. The molecule has 142 valence electrons. The van der Waals surface area contributed by atoms with Gasteiger partial charge < -0.3 is 15.2 Å². The monoisotopic (exact) mass is 355 g/mol. The largest absolute Gasteiger partial charge is 0.491 e. The van der Waals surface area contributed by atoms with Crippen molar-refractivity contribution in [1.29, 1.82) is 0 Å². The van der Waals surface area contributed by atoms with Gasteiger partial charge in [-0.2, -0.15) is 0 Å². The van der Waals surface area contributed by atoms with Crippen molar-refractivity contribution in [1.82, 2.24) is 5.32 Å². The van der Waals surface area contributed by atoms with Crippen molar-refractivity contribution in [2.24, 2.45) is 0 Å². The molecule has 0 aliphatic rings. The lowest BCUT2D eigenvalue weighted by atomic mass is 9.98. The summed E-state index contributed by atoms with van der Waals surface area (Å²) in [6.07, 6.45) is 1.51. The van der Waals surface area contributed by atoms with Crippen LogP contribution < -0.4 is 10.1 Å². The Morgan fingerprint density at radius 1 is 1.00 bits per heavy atom. The second-order valence-corrected chi connectivity index (χ2v) is 7.09. The van der Waals surface area contributed by atoms with Crippen LogP contribution in [-0.2, 0) is 0 Å². The van der Waals surface area contributed by atoms with Crippen LogP contribution in [0.5, 0.6) is 5.75 Å². The van der Waals surface area contributed by atoms with E-state index in [4.69, 9.17) is 4.74 Å². The summed E-state index contributed by atoms with van der Waals surface area (Å²) in [4.78, 5) is 0. The van der Waals surface area contributed by atoms with Crippen LogP contribution in [0.15, 0.2) is 48.5 Å². The van der Waals surface area contributed by atoms with Crippen molar-refractivity contribution < 1.29 is 9.84 Å². The van der Waals surface area contributed by atoms with Crippen molar-refractivity contribution in [2.75, 3.05) is 13.2 Å². The third-order valence-electron chi connectivity index (χ3n) is 4.98. The third-order valence-corrected chi connectivity index (χ3v) is 4.98. The van der Waals surface area contributed by atoms with E-state index in [1.54, 1.807) is 0 Å². The van der Waals surface area contributed by atoms with Crippen molar-refractivity contribution in [2.45, 2.75) is 58.6 Å². The minimum atomic E-state index is -0.542. The van der Waals surface area contributed by atoms with Crippen LogP contribution in [0.25, 0.3) is 0 Å². The summed E-state index contributed by atoms with van der Waals surface area (Å²) in [7, 11) is 0. The van der Waals surface area contributed by atoms with Crippen molar-refractivity contribution in [3.63, 3.8) is 0 Å². The molecule has 3 unspecified atom stereocenters. The Hall–Kier alpha value is -1.84. The predicted molar refractivity (Wildman–Crippen MR) is 109 cm³/mol. The van der Waals surface area contributed by atoms with E-state index in [1.165, 1.54) is 16.7 Å². The fourth-order valence-electron chi connectivity index (χ4n) is 3.06. The molecule has 0 fully saturated rings. The highest BCUT2D eigenvalue weighted by molar-refractivity contribution is 5.35. The number of ether oxygens (including phenoxy) is 1. The maximum Gasteiger partial charge on any atom is 0.122 e. The van der Waals surface area contributed by atoms with E-state index in [-0.39, 0.29) is 6.04 Å². The molecular formula is C23H33NO2. The van der Waals surface area contributed by atoms with Crippen LogP contribution in [0.4, 0.5) is 0 Å². The average Bonchev–Trinajstić information content (AvgIpc) is 2.67. The zero-order valence-corrected chi connectivity index (χ0v) is 16.5. The molecule has 2 rings (SSSR count). The minimum absolute atomic E-state index is 0.248. The van der Waals surface area contributed by atoms with E-state index >= 15 is 0 Å². The molecule has 0 saturated carbocycles. The molecule has 0 spiro atoms. The smallest absolute Gasteiger partial charge is 0.122 e. The molecule has 2 aromatic rings. The van der Waals surface area contributed by atoms with Crippen LogP contribution in [-0.4, -0.2) is 24.4 Å². The van der Waals surface area contributed by atoms with Gasteiger partial charge in [0.05, 0.1) is 0 Å². The van der Waals surface area contributed by atoms with E-state index in [9.17, 15) is 5.11 Å². The highest BCUT2D eigenvalue weighted by atomic mass is 16.5. The summed E-state index contributed by atoms with van der Waals surface area (Å²) in [6, 6.07) is 16.9. The van der Waals surface area contributed by atoms with Gasteiger partial charge in [0.1, 0.15) is 18.5 Å². The van der Waals surface area contributed by atoms with E-state index in [0.29, 0.717) is 19.1 Å². The molecule has 0 aromatic heterocycles. The normalized spacial score (nSPS) is 14.7. The Morgan fingerprint density at radius 3 is 2.35 bits per heavy atom. The highest BCUT2D eigenvalue weighted by Gasteiger charge is 2.14. The first-order chi connectivity index (χ1) is 12.5. The third kappa shape index (κ3) is 5.86. The first kappa shape index (κ1) is 20.5. The summed E-state index contributed by atoms with van der Waals surface area (Å²) in [5.41, 5.74) is 3.73. The topological polar surface area (TPSA) is 41.5 Å². The maximum absolute atomic E-state index is 10.3. The predicted octanol–water partition coefficient (Wildman–Crippen LogP) is 4.99. The van der Waals surface area contributed by atoms with Gasteiger partial charge in [0.15, 0.2) is 0 Å². The van der Waals surface area contributed by atoms with Gasteiger partial charge in [0.25, 0.3) is 0 Å². The SMILES string of the molecule is CCC(C)c1ccccc1OCC(O)CNC(CC)c1ccc(C)cc1. The fourth-order valence-corrected chi connectivity index (χ4v) is 3.06. The summed E-state index contributed by atoms with van der Waals surface area (Å²) in [5.74, 6) is 1.33. The van der Waals surface area contributed by atoms with Crippen molar-refractivity contribution in [3.05, 3.63) is 65.2 Å². The number of rotatable bonds is 10. The Morgan fingerprint density at radius 2 is 1.69 bits per heavy atom. The van der Waals surface area contributed by atoms with Gasteiger partial charge in [-0.05, 0) is 42.9 Å². The lowest BCUT2D eigenvalue weighted by Gasteiger charge is -2.21. The number of aryl methyl sites for hydroxylation is 1. The molecule has 26 heavy (non-hydrogen) atoms. The molecule has 0 amide bonds. The zero-order chi connectivity index (χ0) is 18.9. The quantitative estimate of drug-likeness (QED) is 0.631. The van der Waals surface area contributed by atoms with Crippen LogP contribution in [0, 0.1) is 6.92 Å². The standard InChI is InChI=1S/C23H33NO2/c1-5-18(4)21-9-7-8-10-23(21)26-16-20(25)15-24-22(6-2)19-13-11-17(3)12-14-19/h7-14,18,20,22,24-25H,5-6,15-16H2,1-4H3. The lowest BCUT2D eigenvalue weighted by Crippen LogP contribution is -2.33. The highest BCUT2D eigenvalue weighted by Crippen LogP contribution is 2.28. The zero-order valence-electron chi connectivity index (χ0n) is 16.5. The van der Waals surface area contributed by atoms with Crippen molar-refractivity contribution >= 4 is 0 Å². The Kier molecular flexibility index (Phi) is 8.14. The second-order valence-electron chi connectivity index (χ2n) is 7.09. The van der Waals surface area contributed by atoms with Gasteiger partial charge >= 0.3 is 0 Å². The maximum atomic E-state index is 10.3. The number of benzene rings is 2. The summed E-state index contributed by atoms with van der Waals surface area (Å²) in [6.45, 7) is 9.44. The number of aliphatic hydroxyl groups excluding tert-OH is 1. The van der Waals surface area contributed by atoms with Gasteiger partial charge in [-0.15, -0.1) is 0 Å². The number of hydrogen-bond acceptors (Lipinski definition) is 3. The molecule has 0 radical (unpaired) electrons. The molecule has 3 heteroatoms. The van der Waals surface area contributed by atoms with Gasteiger partial charge in [-0.3, -0.25) is 0 Å². The lowest BCUT2D eigenvalue weighted by molar-refractivity contribution is 0.103. The van der Waals surface area contributed by atoms with Gasteiger partial charge in [0, 0.05) is 12.6 Å². The fraction of sp³-hybridized carbons (Fsp3) is 0.478. The average molecular weight is 356 g/mol. The van der Waals surface area contributed by atoms with Crippen LogP contribution in [0.2, 0.25) is 0 Å². The number of hydrogen-bond donors (Lipinski definition) is 2. The Labute approximate surface area is 158 Å². The Balaban J connectivity index is 1.87. The van der Waals surface area contributed by atoms with Gasteiger partial charge in [0.2, 0.25) is 0 Å². The second kappa shape index (κ2) is 10.3. The van der Waals surface area contributed by atoms with E-state index in [0.717, 1.165) is 18.6 Å². The summed E-state index contributed by atoms with van der Waals surface area (Å²) >= 11 is 0. The van der Waals surface area contributed by atoms with E-state index in [1.807, 2.05) is 18.2 Å². The van der Waals surface area contributed by atoms with E-state index in [2.05, 4.69) is 63.3 Å². The summed E-state index contributed by atoms with van der Waals surface area (Å²) < 4.78 is 5.92. The van der Waals surface area contributed by atoms with Gasteiger partial charge in [-0.25, -0.2) is 0 Å². The minimum Gasteiger partial charge on any atom is -0.491 e. The van der Waals surface area contributed by atoms with E-state index < -0.39 is 6.10 Å². The van der Waals surface area contributed by atoms with Gasteiger partial charge in [-0.1, -0.05) is 68.8 Å². The molecule has 3 atom stereocenters. The number of aliphatic hydroxyl groups is 1. The molecule has 3 nitrogen and oxygen atoms in total. The molecule has 0 aliphatic carbocycles. The molecule has 0 heterocycles. The van der Waals surface area contributed by atoms with Crippen LogP contribution in [0.1, 0.15) is 62.3 Å². The first-order valence-corrected chi connectivity index (χ1v) is 9.74. The molecular weight excluding hydrogens is 322 g/mol. The Bertz CT molecular complexity index is 654. The molecule has 0 saturated heterocycles. The molecule has 0 bridgehead atoms. The molecule has 2 aromatic carbocycles. The molecule has 0 aliphatic heterocycles. The van der Waals surface area contributed by atoms with Crippen LogP contribution in [0.3, 0.4) is 0 Å². The van der Waals surface area contributed by atoms with Crippen molar-refractivity contribution in [3.8, 4) is 5.75 Å². The van der Waals surface area contributed by atoms with Crippen LogP contribution >= 0.6 is 0 Å². The number of nitrogens with one attached hydrogen (secondary N) is 1. The first-order valence-electron chi connectivity index (χ1n) is 9.74.